The third-order valence-electron chi connectivity index (χ3n) is 3.85. The molecule has 0 spiro atoms. The van der Waals surface area contributed by atoms with Crippen LogP contribution >= 0.6 is 11.8 Å². The van der Waals surface area contributed by atoms with E-state index in [0.29, 0.717) is 22.3 Å². The van der Waals surface area contributed by atoms with Gasteiger partial charge in [0.05, 0.1) is 0 Å². The number of rotatable bonds is 8. The minimum absolute atomic E-state index is 0.0434. The summed E-state index contributed by atoms with van der Waals surface area (Å²) in [6.07, 6.45) is 0. The van der Waals surface area contributed by atoms with E-state index in [1.165, 1.54) is 30.3 Å². The molecule has 0 saturated carbocycles. The lowest BCUT2D eigenvalue weighted by Gasteiger charge is -2.19. The predicted octanol–water partition coefficient (Wildman–Crippen LogP) is 4.42. The molecule has 1 amide bonds. The van der Waals surface area contributed by atoms with Gasteiger partial charge in [-0.2, -0.15) is 13.1 Å². The molecule has 152 valence electrons. The van der Waals surface area contributed by atoms with Crippen molar-refractivity contribution in [2.45, 2.75) is 29.4 Å². The number of anilines is 1. The lowest BCUT2D eigenvalue weighted by atomic mass is 10.2. The van der Waals surface area contributed by atoms with Gasteiger partial charge < -0.3 is 5.32 Å². The van der Waals surface area contributed by atoms with E-state index in [-0.39, 0.29) is 18.7 Å². The number of carbonyl (C=O) groups is 1. The molecule has 10 heteroatoms. The van der Waals surface area contributed by atoms with E-state index in [1.54, 1.807) is 13.8 Å². The fraction of sp³-hybridized carbons (Fsp3) is 0.278. The largest absolute Gasteiger partial charge is 0.322 e. The van der Waals surface area contributed by atoms with Crippen LogP contribution < -0.4 is 5.32 Å². The van der Waals surface area contributed by atoms with Crippen LogP contribution in [0.25, 0.3) is 0 Å². The molecule has 0 aliphatic rings. The molecule has 0 fully saturated rings. The second-order valence-electron chi connectivity index (χ2n) is 5.59. The summed E-state index contributed by atoms with van der Waals surface area (Å²) in [7, 11) is -4.07. The monoisotopic (exact) mass is 432 g/mol. The first kappa shape index (κ1) is 22.3. The third kappa shape index (κ3) is 5.27. The summed E-state index contributed by atoms with van der Waals surface area (Å²) in [5.41, 5.74) is 0.291. The number of alkyl halides is 2. The third-order valence-corrected chi connectivity index (χ3v) is 6.64. The Labute approximate surface area is 166 Å². The van der Waals surface area contributed by atoms with Gasteiger partial charge in [-0.1, -0.05) is 25.6 Å². The first-order valence-corrected chi connectivity index (χ1v) is 10.7. The number of nitrogens with zero attached hydrogens (tertiary/aromatic N) is 1. The van der Waals surface area contributed by atoms with Crippen molar-refractivity contribution in [1.29, 1.82) is 0 Å². The van der Waals surface area contributed by atoms with Gasteiger partial charge in [-0.25, -0.2) is 12.8 Å². The number of benzene rings is 2. The summed E-state index contributed by atoms with van der Waals surface area (Å²) in [4.78, 5) is 12.2. The molecule has 0 heterocycles. The van der Waals surface area contributed by atoms with Crippen molar-refractivity contribution in [3.63, 3.8) is 0 Å². The second kappa shape index (κ2) is 9.44. The Bertz CT molecular complexity index is 932. The van der Waals surface area contributed by atoms with E-state index < -0.39 is 32.4 Å². The van der Waals surface area contributed by atoms with Crippen LogP contribution in [0.15, 0.2) is 52.3 Å². The highest BCUT2D eigenvalue weighted by Gasteiger charge is 2.26. The highest BCUT2D eigenvalue weighted by molar-refractivity contribution is 7.99. The van der Waals surface area contributed by atoms with Gasteiger partial charge in [0.15, 0.2) is 0 Å². The minimum atomic E-state index is -4.07. The van der Waals surface area contributed by atoms with Crippen LogP contribution in [0, 0.1) is 5.82 Å². The van der Waals surface area contributed by atoms with Crippen molar-refractivity contribution in [2.24, 2.45) is 0 Å². The van der Waals surface area contributed by atoms with Crippen molar-refractivity contribution in [3.05, 3.63) is 53.8 Å². The molecular formula is C18H19F3N2O3S2. The molecule has 2 rings (SSSR count). The van der Waals surface area contributed by atoms with E-state index in [0.717, 1.165) is 16.4 Å². The molecular weight excluding hydrogens is 413 g/mol. The average Bonchev–Trinajstić information content (AvgIpc) is 2.63. The maximum atomic E-state index is 14.1. The summed E-state index contributed by atoms with van der Waals surface area (Å²) in [6.45, 7) is 3.59. The zero-order valence-corrected chi connectivity index (χ0v) is 16.8. The molecule has 28 heavy (non-hydrogen) atoms. The van der Waals surface area contributed by atoms with Crippen LogP contribution in [0.2, 0.25) is 0 Å². The topological polar surface area (TPSA) is 66.5 Å². The SMILES string of the molecule is CCN(CC)S(=O)(=O)c1cc(C(=O)Nc2ccc(SC(F)F)cc2)ccc1F. The Kier molecular flexibility index (Phi) is 7.50. The van der Waals surface area contributed by atoms with Gasteiger partial charge in [0.2, 0.25) is 10.0 Å². The number of sulfonamides is 1. The van der Waals surface area contributed by atoms with E-state index in [9.17, 15) is 26.4 Å². The van der Waals surface area contributed by atoms with Gasteiger partial charge in [0.1, 0.15) is 10.7 Å². The van der Waals surface area contributed by atoms with E-state index >= 15 is 0 Å². The number of thioether (sulfide) groups is 1. The van der Waals surface area contributed by atoms with Crippen LogP contribution in [-0.4, -0.2) is 37.5 Å². The molecule has 5 nitrogen and oxygen atoms in total. The Morgan fingerprint density at radius 3 is 2.25 bits per heavy atom. The number of halogens is 3. The average molecular weight is 432 g/mol. The molecule has 2 aromatic rings. The Morgan fingerprint density at radius 1 is 1.11 bits per heavy atom. The van der Waals surface area contributed by atoms with Crippen molar-refractivity contribution in [2.75, 3.05) is 18.4 Å². The van der Waals surface area contributed by atoms with Crippen LogP contribution in [-0.2, 0) is 10.0 Å². The molecule has 0 radical (unpaired) electrons. The molecule has 0 saturated heterocycles. The van der Waals surface area contributed by atoms with Crippen LogP contribution in [0.3, 0.4) is 0 Å². The van der Waals surface area contributed by atoms with Crippen LogP contribution in [0.5, 0.6) is 0 Å². The Hall–Kier alpha value is -2.04. The normalized spacial score (nSPS) is 11.8. The number of carbonyl (C=O) groups excluding carboxylic acids is 1. The fourth-order valence-corrected chi connectivity index (χ4v) is 4.52. The molecule has 0 aromatic heterocycles. The first-order valence-electron chi connectivity index (χ1n) is 8.35. The van der Waals surface area contributed by atoms with E-state index in [2.05, 4.69) is 5.32 Å². The van der Waals surface area contributed by atoms with Gasteiger partial charge >= 0.3 is 0 Å². The smallest absolute Gasteiger partial charge is 0.288 e. The molecule has 2 aromatic carbocycles. The highest BCUT2D eigenvalue weighted by atomic mass is 32.2. The van der Waals surface area contributed by atoms with Crippen molar-refractivity contribution < 1.29 is 26.4 Å². The molecule has 0 bridgehead atoms. The van der Waals surface area contributed by atoms with Crippen LogP contribution in [0.4, 0.5) is 18.9 Å². The molecule has 1 N–H and O–H groups in total. The summed E-state index contributed by atoms with van der Waals surface area (Å²) < 4.78 is 65.0. The molecule has 0 unspecified atom stereocenters. The van der Waals surface area contributed by atoms with Gasteiger partial charge in [-0.3, -0.25) is 4.79 Å². The Morgan fingerprint density at radius 2 is 1.71 bits per heavy atom. The fourth-order valence-electron chi connectivity index (χ4n) is 2.47. The van der Waals surface area contributed by atoms with Gasteiger partial charge in [-0.05, 0) is 42.5 Å². The minimum Gasteiger partial charge on any atom is -0.322 e. The summed E-state index contributed by atoms with van der Waals surface area (Å²) >= 11 is 0.377. The van der Waals surface area contributed by atoms with Crippen molar-refractivity contribution in [3.8, 4) is 0 Å². The summed E-state index contributed by atoms with van der Waals surface area (Å²) in [5.74, 6) is -4.15. The van der Waals surface area contributed by atoms with Crippen molar-refractivity contribution >= 4 is 33.4 Å². The lowest BCUT2D eigenvalue weighted by Crippen LogP contribution is -2.31. The standard InChI is InChI=1S/C18H19F3N2O3S2/c1-3-23(4-2)28(25,26)16-11-12(5-10-15(16)19)17(24)22-13-6-8-14(9-7-13)27-18(20)21/h5-11,18H,3-4H2,1-2H3,(H,22,24). The van der Waals surface area contributed by atoms with Gasteiger partial charge in [-0.15, -0.1) is 0 Å². The van der Waals surface area contributed by atoms with E-state index in [4.69, 9.17) is 0 Å². The molecule has 0 aliphatic heterocycles. The number of hydrogen-bond donors (Lipinski definition) is 1. The summed E-state index contributed by atoms with van der Waals surface area (Å²) in [6, 6.07) is 8.82. The molecule has 0 aliphatic carbocycles. The molecule has 0 atom stereocenters. The summed E-state index contributed by atoms with van der Waals surface area (Å²) in [5, 5.41) is 2.53. The van der Waals surface area contributed by atoms with Crippen molar-refractivity contribution in [1.82, 2.24) is 4.31 Å². The Balaban J connectivity index is 2.25. The number of amides is 1. The second-order valence-corrected chi connectivity index (χ2v) is 8.56. The quantitative estimate of drug-likeness (QED) is 0.627. The van der Waals surface area contributed by atoms with Crippen LogP contribution in [0.1, 0.15) is 24.2 Å². The van der Waals surface area contributed by atoms with Gasteiger partial charge in [0.25, 0.3) is 11.7 Å². The zero-order valence-electron chi connectivity index (χ0n) is 15.2. The predicted molar refractivity (Wildman–Crippen MR) is 103 cm³/mol. The highest BCUT2D eigenvalue weighted by Crippen LogP contribution is 2.26. The maximum absolute atomic E-state index is 14.1. The van der Waals surface area contributed by atoms with Gasteiger partial charge in [0, 0.05) is 29.2 Å². The lowest BCUT2D eigenvalue weighted by molar-refractivity contribution is 0.102. The zero-order chi connectivity index (χ0) is 20.9. The van der Waals surface area contributed by atoms with E-state index in [1.807, 2.05) is 0 Å². The maximum Gasteiger partial charge on any atom is 0.288 e. The first-order chi connectivity index (χ1) is 13.2. The number of hydrogen-bond acceptors (Lipinski definition) is 4. The number of nitrogens with one attached hydrogen (secondary N) is 1.